The van der Waals surface area contributed by atoms with Crippen LogP contribution in [0.25, 0.3) is 0 Å². The highest BCUT2D eigenvalue weighted by Crippen LogP contribution is 2.14. The van der Waals surface area contributed by atoms with Gasteiger partial charge in [-0.25, -0.2) is 9.97 Å². The summed E-state index contributed by atoms with van der Waals surface area (Å²) in [6, 6.07) is 2.15. The first-order valence-electron chi connectivity index (χ1n) is 11.1. The van der Waals surface area contributed by atoms with Gasteiger partial charge >= 0.3 is 0 Å². The van der Waals surface area contributed by atoms with Gasteiger partial charge in [-0.1, -0.05) is 27.7 Å². The van der Waals surface area contributed by atoms with Crippen LogP contribution in [0.5, 0.6) is 0 Å². The summed E-state index contributed by atoms with van der Waals surface area (Å²) >= 11 is 0. The number of nitrogens with one attached hydrogen (secondary N) is 2. The minimum absolute atomic E-state index is 0.00877. The molecule has 0 spiro atoms. The Bertz CT molecular complexity index is 585. The van der Waals surface area contributed by atoms with Crippen LogP contribution >= 0.6 is 0 Å². The molecular formula is C23H42N4O2. The van der Waals surface area contributed by atoms with E-state index in [1.165, 1.54) is 0 Å². The van der Waals surface area contributed by atoms with Crippen molar-refractivity contribution in [3.8, 4) is 0 Å². The Kier molecular flexibility index (Phi) is 11.2. The van der Waals surface area contributed by atoms with Crippen molar-refractivity contribution in [3.63, 3.8) is 0 Å². The molecule has 1 amide bonds. The van der Waals surface area contributed by atoms with Crippen LogP contribution in [0.1, 0.15) is 85.0 Å². The van der Waals surface area contributed by atoms with Crippen LogP contribution in [0.4, 0.5) is 5.95 Å². The summed E-state index contributed by atoms with van der Waals surface area (Å²) < 4.78 is 0. The van der Waals surface area contributed by atoms with Crippen molar-refractivity contribution in [2.75, 3.05) is 18.5 Å². The molecule has 3 N–H and O–H groups in total. The minimum atomic E-state index is -0.377. The normalized spacial score (nSPS) is 11.9. The number of rotatable bonds is 14. The molecule has 6 nitrogen and oxygen atoms in total. The van der Waals surface area contributed by atoms with E-state index >= 15 is 0 Å². The molecule has 0 radical (unpaired) electrons. The van der Waals surface area contributed by atoms with E-state index in [-0.39, 0.29) is 18.1 Å². The quantitative estimate of drug-likeness (QED) is 0.405. The molecule has 0 saturated heterocycles. The average molecular weight is 407 g/mol. The molecule has 1 aromatic rings. The summed E-state index contributed by atoms with van der Waals surface area (Å²) in [6.45, 7) is 13.5. The van der Waals surface area contributed by atoms with E-state index in [9.17, 15) is 4.79 Å². The number of aliphatic hydroxyl groups excluding tert-OH is 1. The van der Waals surface area contributed by atoms with Crippen LogP contribution in [0.3, 0.4) is 0 Å². The Hall–Kier alpha value is -1.69. The summed E-state index contributed by atoms with van der Waals surface area (Å²) in [4.78, 5) is 21.5. The van der Waals surface area contributed by atoms with Gasteiger partial charge in [0.05, 0.1) is 0 Å². The summed E-state index contributed by atoms with van der Waals surface area (Å²) in [5, 5.41) is 15.3. The lowest BCUT2D eigenvalue weighted by Gasteiger charge is -2.25. The Labute approximate surface area is 177 Å². The molecule has 1 aromatic heterocycles. The van der Waals surface area contributed by atoms with Crippen molar-refractivity contribution in [1.82, 2.24) is 15.3 Å². The molecule has 0 atom stereocenters. The van der Waals surface area contributed by atoms with Crippen LogP contribution in [0.15, 0.2) is 6.07 Å². The van der Waals surface area contributed by atoms with Gasteiger partial charge < -0.3 is 15.7 Å². The second kappa shape index (κ2) is 12.8. The maximum atomic E-state index is 12.1. The van der Waals surface area contributed by atoms with Gasteiger partial charge in [-0.05, 0) is 70.3 Å². The number of aliphatic hydroxyl groups is 1. The molecule has 0 aliphatic heterocycles. The van der Waals surface area contributed by atoms with Crippen LogP contribution < -0.4 is 10.6 Å². The molecule has 0 fully saturated rings. The van der Waals surface area contributed by atoms with Gasteiger partial charge in [-0.2, -0.15) is 0 Å². The largest absolute Gasteiger partial charge is 0.396 e. The van der Waals surface area contributed by atoms with Crippen molar-refractivity contribution in [2.45, 2.75) is 92.0 Å². The van der Waals surface area contributed by atoms with Gasteiger partial charge in [-0.15, -0.1) is 0 Å². The van der Waals surface area contributed by atoms with E-state index in [0.29, 0.717) is 43.6 Å². The van der Waals surface area contributed by atoms with Crippen molar-refractivity contribution in [2.24, 2.45) is 11.8 Å². The summed E-state index contributed by atoms with van der Waals surface area (Å²) in [5.41, 5.74) is 1.82. The SMILES string of the molecule is CC(C)CCc1cc(CCC(C)C)nc(NCCCC(=O)NC(C)(C)CCO)n1. The number of hydrogen-bond acceptors (Lipinski definition) is 5. The maximum Gasteiger partial charge on any atom is 0.223 e. The first-order chi connectivity index (χ1) is 13.6. The number of aryl methyl sites for hydroxylation is 2. The molecule has 6 heteroatoms. The third-order valence-electron chi connectivity index (χ3n) is 4.87. The fourth-order valence-electron chi connectivity index (χ4n) is 2.99. The van der Waals surface area contributed by atoms with E-state index in [0.717, 1.165) is 37.1 Å². The second-order valence-corrected chi connectivity index (χ2v) is 9.48. The van der Waals surface area contributed by atoms with Crippen molar-refractivity contribution >= 4 is 11.9 Å². The highest BCUT2D eigenvalue weighted by molar-refractivity contribution is 5.76. The number of anilines is 1. The van der Waals surface area contributed by atoms with Gasteiger partial charge in [0.15, 0.2) is 0 Å². The molecule has 0 aromatic carbocycles. The molecular weight excluding hydrogens is 364 g/mol. The van der Waals surface area contributed by atoms with E-state index in [1.54, 1.807) is 0 Å². The lowest BCUT2D eigenvalue weighted by atomic mass is 10.0. The van der Waals surface area contributed by atoms with Crippen LogP contribution in [-0.2, 0) is 17.6 Å². The highest BCUT2D eigenvalue weighted by atomic mass is 16.3. The zero-order valence-corrected chi connectivity index (χ0v) is 19.3. The van der Waals surface area contributed by atoms with Crippen molar-refractivity contribution < 1.29 is 9.90 Å². The minimum Gasteiger partial charge on any atom is -0.396 e. The molecule has 0 bridgehead atoms. The number of amides is 1. The molecule has 0 unspecified atom stereocenters. The Morgan fingerprint density at radius 2 is 1.62 bits per heavy atom. The fourth-order valence-corrected chi connectivity index (χ4v) is 2.99. The first kappa shape index (κ1) is 25.3. The molecule has 1 heterocycles. The lowest BCUT2D eigenvalue weighted by molar-refractivity contribution is -0.122. The van der Waals surface area contributed by atoms with Crippen molar-refractivity contribution in [1.29, 1.82) is 0 Å². The zero-order chi connectivity index (χ0) is 21.9. The Morgan fingerprint density at radius 1 is 1.07 bits per heavy atom. The molecule has 0 aliphatic carbocycles. The topological polar surface area (TPSA) is 87.1 Å². The van der Waals surface area contributed by atoms with E-state index in [1.807, 2.05) is 13.8 Å². The molecule has 166 valence electrons. The van der Waals surface area contributed by atoms with Gasteiger partial charge in [-0.3, -0.25) is 4.79 Å². The van der Waals surface area contributed by atoms with Gasteiger partial charge in [0, 0.05) is 36.5 Å². The Morgan fingerprint density at radius 3 is 2.10 bits per heavy atom. The number of carbonyl (C=O) groups is 1. The monoisotopic (exact) mass is 406 g/mol. The number of aromatic nitrogens is 2. The van der Waals surface area contributed by atoms with Gasteiger partial charge in [0.25, 0.3) is 0 Å². The standard InChI is InChI=1S/C23H42N4O2/c1-17(2)9-11-19-16-20(12-10-18(3)4)26-22(25-19)24-14-7-8-21(29)27-23(5,6)13-15-28/h16-18,28H,7-15H2,1-6H3,(H,27,29)(H,24,25,26). The number of hydrogen-bond donors (Lipinski definition) is 3. The maximum absolute atomic E-state index is 12.1. The summed E-state index contributed by atoms with van der Waals surface area (Å²) in [5.74, 6) is 1.98. The molecule has 0 saturated carbocycles. The van der Waals surface area contributed by atoms with Crippen LogP contribution in [0, 0.1) is 11.8 Å². The van der Waals surface area contributed by atoms with Gasteiger partial charge in [0.1, 0.15) is 0 Å². The average Bonchev–Trinajstić information content (AvgIpc) is 2.61. The molecule has 29 heavy (non-hydrogen) atoms. The smallest absolute Gasteiger partial charge is 0.223 e. The van der Waals surface area contributed by atoms with Crippen LogP contribution in [-0.4, -0.2) is 39.7 Å². The van der Waals surface area contributed by atoms with E-state index < -0.39 is 0 Å². The summed E-state index contributed by atoms with van der Waals surface area (Å²) in [6.07, 6.45) is 5.86. The molecule has 1 rings (SSSR count). The predicted molar refractivity (Wildman–Crippen MR) is 120 cm³/mol. The fraction of sp³-hybridized carbons (Fsp3) is 0.783. The van der Waals surface area contributed by atoms with E-state index in [2.05, 4.69) is 54.4 Å². The third-order valence-corrected chi connectivity index (χ3v) is 4.87. The van der Waals surface area contributed by atoms with Crippen molar-refractivity contribution in [3.05, 3.63) is 17.5 Å². The molecule has 0 aliphatic rings. The zero-order valence-electron chi connectivity index (χ0n) is 19.3. The number of nitrogens with zero attached hydrogens (tertiary/aromatic N) is 2. The van der Waals surface area contributed by atoms with Crippen LogP contribution in [0.2, 0.25) is 0 Å². The first-order valence-corrected chi connectivity index (χ1v) is 11.1. The predicted octanol–water partition coefficient (Wildman–Crippen LogP) is 4.12. The third kappa shape index (κ3) is 11.8. The van der Waals surface area contributed by atoms with E-state index in [4.69, 9.17) is 5.11 Å². The number of carbonyl (C=O) groups excluding carboxylic acids is 1. The second-order valence-electron chi connectivity index (χ2n) is 9.48. The highest BCUT2D eigenvalue weighted by Gasteiger charge is 2.19. The Balaban J connectivity index is 2.58. The lowest BCUT2D eigenvalue weighted by Crippen LogP contribution is -2.44. The van der Waals surface area contributed by atoms with Gasteiger partial charge in [0.2, 0.25) is 11.9 Å². The summed E-state index contributed by atoms with van der Waals surface area (Å²) in [7, 11) is 0.